The average molecular weight is 233 g/mol. The highest BCUT2D eigenvalue weighted by Crippen LogP contribution is 2.23. The topological polar surface area (TPSA) is 61.4 Å². The predicted octanol–water partition coefficient (Wildman–Crippen LogP) is 0.395. The molecule has 1 unspecified atom stereocenters. The highest BCUT2D eigenvalue weighted by Gasteiger charge is 2.37. The summed E-state index contributed by atoms with van der Waals surface area (Å²) in [6.45, 7) is 2.36. The molecule has 0 spiro atoms. The molecule has 1 aliphatic rings. The predicted molar refractivity (Wildman–Crippen MR) is 63.5 cm³/mol. The summed E-state index contributed by atoms with van der Waals surface area (Å²) in [5, 5.41) is 0. The quantitative estimate of drug-likeness (QED) is 0.583. The number of amides is 2. The Morgan fingerprint density at radius 1 is 1.18 bits per heavy atom. The van der Waals surface area contributed by atoms with Crippen LogP contribution >= 0.6 is 0 Å². The van der Waals surface area contributed by atoms with Gasteiger partial charge >= 0.3 is 0 Å². The molecular weight excluding hydrogens is 218 g/mol. The third-order valence-electron chi connectivity index (χ3n) is 2.84. The number of hydrogen-bond acceptors (Lipinski definition) is 4. The van der Waals surface area contributed by atoms with Gasteiger partial charge in [-0.15, -0.1) is 0 Å². The van der Waals surface area contributed by atoms with E-state index < -0.39 is 0 Å². The Kier molecular flexibility index (Phi) is 3.21. The first kappa shape index (κ1) is 11.8. The van der Waals surface area contributed by atoms with E-state index in [1.54, 1.807) is 31.3 Å². The van der Waals surface area contributed by atoms with E-state index in [0.29, 0.717) is 17.7 Å². The Balaban J connectivity index is 2.24. The summed E-state index contributed by atoms with van der Waals surface area (Å²) in [4.78, 5) is 25.4. The van der Waals surface area contributed by atoms with E-state index in [2.05, 4.69) is 10.9 Å². The van der Waals surface area contributed by atoms with Crippen molar-refractivity contribution >= 4 is 11.8 Å². The van der Waals surface area contributed by atoms with Gasteiger partial charge in [0.2, 0.25) is 0 Å². The number of hydrazine groups is 1. The molecule has 0 saturated heterocycles. The van der Waals surface area contributed by atoms with Crippen molar-refractivity contribution in [3.8, 4) is 0 Å². The Bertz CT molecular complexity index is 424. The van der Waals surface area contributed by atoms with Crippen molar-refractivity contribution in [3.63, 3.8) is 0 Å². The lowest BCUT2D eigenvalue weighted by molar-refractivity contribution is 0.0594. The van der Waals surface area contributed by atoms with Gasteiger partial charge in [-0.25, -0.2) is 0 Å². The second kappa shape index (κ2) is 4.65. The smallest absolute Gasteiger partial charge is 0.261 e. The Morgan fingerprint density at radius 2 is 1.71 bits per heavy atom. The van der Waals surface area contributed by atoms with Crippen molar-refractivity contribution in [1.82, 2.24) is 15.8 Å². The normalized spacial score (nSPS) is 16.2. The van der Waals surface area contributed by atoms with Crippen LogP contribution in [0.1, 0.15) is 27.6 Å². The molecule has 0 bridgehead atoms. The second-order valence-electron chi connectivity index (χ2n) is 4.01. The van der Waals surface area contributed by atoms with E-state index >= 15 is 0 Å². The van der Waals surface area contributed by atoms with Gasteiger partial charge in [0.15, 0.2) is 0 Å². The fourth-order valence-corrected chi connectivity index (χ4v) is 1.95. The summed E-state index contributed by atoms with van der Waals surface area (Å²) in [7, 11) is 1.75. The number of imide groups is 1. The van der Waals surface area contributed by atoms with E-state index in [9.17, 15) is 9.59 Å². The van der Waals surface area contributed by atoms with Gasteiger partial charge in [-0.1, -0.05) is 12.1 Å². The van der Waals surface area contributed by atoms with Crippen LogP contribution in [-0.4, -0.2) is 36.3 Å². The molecule has 2 amide bonds. The van der Waals surface area contributed by atoms with Crippen molar-refractivity contribution < 1.29 is 9.59 Å². The molecule has 5 nitrogen and oxygen atoms in total. The molecule has 1 heterocycles. The number of rotatable bonds is 4. The van der Waals surface area contributed by atoms with E-state index in [1.807, 2.05) is 6.92 Å². The lowest BCUT2D eigenvalue weighted by atomic mass is 10.1. The zero-order valence-corrected chi connectivity index (χ0v) is 9.86. The van der Waals surface area contributed by atoms with Gasteiger partial charge in [0, 0.05) is 6.54 Å². The largest absolute Gasteiger partial charge is 0.270 e. The number of carbonyl (C=O) groups excluding carboxylic acids is 2. The van der Waals surface area contributed by atoms with Crippen LogP contribution in [0.5, 0.6) is 0 Å². The van der Waals surface area contributed by atoms with Crippen LogP contribution in [0.15, 0.2) is 24.3 Å². The minimum absolute atomic E-state index is 0.185. The Labute approximate surface area is 99.8 Å². The number of benzene rings is 1. The second-order valence-corrected chi connectivity index (χ2v) is 4.01. The first-order valence-corrected chi connectivity index (χ1v) is 5.53. The molecule has 1 aromatic rings. The summed E-state index contributed by atoms with van der Waals surface area (Å²) in [6.07, 6.45) is 0. The molecule has 2 N–H and O–H groups in total. The monoisotopic (exact) mass is 233 g/mol. The van der Waals surface area contributed by atoms with Crippen LogP contribution in [0, 0.1) is 0 Å². The van der Waals surface area contributed by atoms with Crippen molar-refractivity contribution in [2.45, 2.75) is 13.0 Å². The zero-order valence-electron chi connectivity index (χ0n) is 9.86. The molecule has 1 aromatic carbocycles. The highest BCUT2D eigenvalue weighted by molar-refractivity contribution is 6.21. The summed E-state index contributed by atoms with van der Waals surface area (Å²) in [6, 6.07) is 6.73. The molecule has 5 heteroatoms. The molecule has 2 rings (SSSR count). The maximum absolute atomic E-state index is 12.1. The minimum Gasteiger partial charge on any atom is -0.270 e. The van der Waals surface area contributed by atoms with Crippen molar-refractivity contribution in [1.29, 1.82) is 0 Å². The van der Waals surface area contributed by atoms with Gasteiger partial charge in [0.1, 0.15) is 0 Å². The van der Waals surface area contributed by atoms with Crippen LogP contribution < -0.4 is 10.9 Å². The van der Waals surface area contributed by atoms with E-state index in [4.69, 9.17) is 0 Å². The molecule has 17 heavy (non-hydrogen) atoms. The first-order chi connectivity index (χ1) is 8.16. The van der Waals surface area contributed by atoms with Gasteiger partial charge < -0.3 is 0 Å². The molecule has 0 radical (unpaired) electrons. The molecule has 1 aliphatic heterocycles. The average Bonchev–Trinajstić information content (AvgIpc) is 2.60. The molecular formula is C12H15N3O2. The molecule has 0 fully saturated rings. The van der Waals surface area contributed by atoms with Crippen LogP contribution in [-0.2, 0) is 0 Å². The maximum atomic E-state index is 12.1. The summed E-state index contributed by atoms with van der Waals surface area (Å²) >= 11 is 0. The standard InChI is InChI=1S/C12H15N3O2/c1-8(7-14-13-2)15-11(16)9-5-3-4-6-10(9)12(15)17/h3-6,8,13-14H,7H2,1-2H3. The van der Waals surface area contributed by atoms with Gasteiger partial charge in [-0.3, -0.25) is 25.3 Å². The van der Waals surface area contributed by atoms with Crippen molar-refractivity contribution in [3.05, 3.63) is 35.4 Å². The SMILES string of the molecule is CNNCC(C)N1C(=O)c2ccccc2C1=O. The van der Waals surface area contributed by atoms with Crippen molar-refractivity contribution in [2.75, 3.05) is 13.6 Å². The summed E-state index contributed by atoms with van der Waals surface area (Å²) in [5.74, 6) is -0.424. The van der Waals surface area contributed by atoms with E-state index in [1.165, 1.54) is 4.90 Å². The Morgan fingerprint density at radius 3 is 2.18 bits per heavy atom. The first-order valence-electron chi connectivity index (χ1n) is 5.53. The number of nitrogens with zero attached hydrogens (tertiary/aromatic N) is 1. The molecule has 90 valence electrons. The lowest BCUT2D eigenvalue weighted by Gasteiger charge is -2.22. The van der Waals surface area contributed by atoms with Crippen LogP contribution in [0.25, 0.3) is 0 Å². The molecule has 0 aliphatic carbocycles. The minimum atomic E-state index is -0.212. The van der Waals surface area contributed by atoms with Gasteiger partial charge in [0.25, 0.3) is 11.8 Å². The third kappa shape index (κ3) is 1.94. The number of nitrogens with one attached hydrogen (secondary N) is 2. The van der Waals surface area contributed by atoms with Crippen LogP contribution in [0.2, 0.25) is 0 Å². The van der Waals surface area contributed by atoms with Crippen LogP contribution in [0.4, 0.5) is 0 Å². The number of fused-ring (bicyclic) bond motifs is 1. The molecule has 1 atom stereocenters. The van der Waals surface area contributed by atoms with Crippen LogP contribution in [0.3, 0.4) is 0 Å². The fourth-order valence-electron chi connectivity index (χ4n) is 1.95. The Hall–Kier alpha value is -1.72. The van der Waals surface area contributed by atoms with Gasteiger partial charge in [-0.05, 0) is 26.1 Å². The van der Waals surface area contributed by atoms with E-state index in [0.717, 1.165) is 0 Å². The molecule has 0 aromatic heterocycles. The fraction of sp³-hybridized carbons (Fsp3) is 0.333. The summed E-state index contributed by atoms with van der Waals surface area (Å²) < 4.78 is 0. The number of hydrogen-bond donors (Lipinski definition) is 2. The van der Waals surface area contributed by atoms with E-state index in [-0.39, 0.29) is 17.9 Å². The summed E-state index contributed by atoms with van der Waals surface area (Å²) in [5.41, 5.74) is 6.66. The maximum Gasteiger partial charge on any atom is 0.261 e. The highest BCUT2D eigenvalue weighted by atomic mass is 16.2. The van der Waals surface area contributed by atoms with Crippen molar-refractivity contribution in [2.24, 2.45) is 0 Å². The third-order valence-corrected chi connectivity index (χ3v) is 2.84. The van der Waals surface area contributed by atoms with Gasteiger partial charge in [0.05, 0.1) is 17.2 Å². The zero-order chi connectivity index (χ0) is 12.4. The molecule has 0 saturated carbocycles. The lowest BCUT2D eigenvalue weighted by Crippen LogP contribution is -2.46. The van der Waals surface area contributed by atoms with Gasteiger partial charge in [-0.2, -0.15) is 0 Å². The number of carbonyl (C=O) groups is 2.